The largest absolute Gasteiger partial charge is 0.457 e. The van der Waals surface area contributed by atoms with Crippen molar-refractivity contribution >= 4 is 11.8 Å². The molecule has 0 aliphatic carbocycles. The number of nitrogens with zero attached hydrogens (tertiary/aromatic N) is 1. The van der Waals surface area contributed by atoms with Gasteiger partial charge in [0.1, 0.15) is 11.5 Å². The first-order valence-corrected chi connectivity index (χ1v) is 6.68. The van der Waals surface area contributed by atoms with Gasteiger partial charge in [-0.05, 0) is 44.2 Å². The predicted molar refractivity (Wildman–Crippen MR) is 81.2 cm³/mol. The van der Waals surface area contributed by atoms with Crippen LogP contribution in [0.5, 0.6) is 5.75 Å². The van der Waals surface area contributed by atoms with E-state index >= 15 is 0 Å². The first-order valence-electron chi connectivity index (χ1n) is 6.68. The van der Waals surface area contributed by atoms with Gasteiger partial charge < -0.3 is 4.74 Å². The van der Waals surface area contributed by atoms with Crippen molar-refractivity contribution in [2.24, 2.45) is 0 Å². The van der Waals surface area contributed by atoms with Gasteiger partial charge in [0.05, 0.1) is 11.1 Å². The minimum Gasteiger partial charge on any atom is -0.457 e. The molecule has 1 heterocycles. The van der Waals surface area contributed by atoms with Gasteiger partial charge in [-0.25, -0.2) is 0 Å². The van der Waals surface area contributed by atoms with Crippen LogP contribution in [0, 0.1) is 0 Å². The molecule has 1 aliphatic heterocycles. The summed E-state index contributed by atoms with van der Waals surface area (Å²) in [6.45, 7) is 3.81. The van der Waals surface area contributed by atoms with Crippen molar-refractivity contribution in [1.82, 2.24) is 4.90 Å². The third-order valence-corrected chi connectivity index (χ3v) is 3.08. The van der Waals surface area contributed by atoms with Crippen LogP contribution in [0.1, 0.15) is 34.6 Å². The Balaban J connectivity index is 2.32. The molecule has 0 fully saturated rings. The molecule has 0 saturated heterocycles. The highest BCUT2D eigenvalue weighted by molar-refractivity contribution is 6.21. The summed E-state index contributed by atoms with van der Waals surface area (Å²) in [5, 5.41) is 0. The molecule has 0 saturated carbocycles. The summed E-state index contributed by atoms with van der Waals surface area (Å²) in [6, 6.07) is 4.92. The number of hydrogen-bond acceptors (Lipinski definition) is 3. The SMILES string of the molecule is C\C=C/C(=C\C=C\C)Oc1ccc2c(c1)C(=O)N(C)C2=O. The number of amides is 2. The summed E-state index contributed by atoms with van der Waals surface area (Å²) in [5.41, 5.74) is 0.797. The molecular formula is C17H17NO3. The van der Waals surface area contributed by atoms with Crippen LogP contribution >= 0.6 is 0 Å². The first kappa shape index (κ1) is 14.8. The maximum Gasteiger partial charge on any atom is 0.261 e. The van der Waals surface area contributed by atoms with Gasteiger partial charge in [-0.1, -0.05) is 18.2 Å². The Morgan fingerprint density at radius 1 is 1.10 bits per heavy atom. The second-order valence-electron chi connectivity index (χ2n) is 4.57. The molecule has 0 atom stereocenters. The van der Waals surface area contributed by atoms with Crippen molar-refractivity contribution in [2.75, 3.05) is 7.05 Å². The van der Waals surface area contributed by atoms with E-state index in [4.69, 9.17) is 4.74 Å². The minimum absolute atomic E-state index is 0.278. The Hall–Kier alpha value is -2.62. The van der Waals surface area contributed by atoms with Gasteiger partial charge >= 0.3 is 0 Å². The smallest absolute Gasteiger partial charge is 0.261 e. The molecule has 21 heavy (non-hydrogen) atoms. The van der Waals surface area contributed by atoms with Crippen molar-refractivity contribution in [3.05, 3.63) is 65.5 Å². The molecule has 4 nitrogen and oxygen atoms in total. The highest BCUT2D eigenvalue weighted by atomic mass is 16.5. The van der Waals surface area contributed by atoms with Crippen molar-refractivity contribution in [3.63, 3.8) is 0 Å². The lowest BCUT2D eigenvalue weighted by Gasteiger charge is -2.07. The van der Waals surface area contributed by atoms with E-state index in [1.165, 1.54) is 7.05 Å². The van der Waals surface area contributed by atoms with Crippen LogP contribution in [0.15, 0.2) is 54.3 Å². The minimum atomic E-state index is -0.300. The fourth-order valence-corrected chi connectivity index (χ4v) is 2.02. The van der Waals surface area contributed by atoms with Gasteiger partial charge in [0.15, 0.2) is 0 Å². The van der Waals surface area contributed by atoms with Crippen molar-refractivity contribution in [3.8, 4) is 5.75 Å². The fraction of sp³-hybridized carbons (Fsp3) is 0.176. The molecule has 0 N–H and O–H groups in total. The molecular weight excluding hydrogens is 266 g/mol. The van der Waals surface area contributed by atoms with Crippen LogP contribution in [0.4, 0.5) is 0 Å². The van der Waals surface area contributed by atoms with E-state index in [9.17, 15) is 9.59 Å². The lowest BCUT2D eigenvalue weighted by atomic mass is 10.1. The van der Waals surface area contributed by atoms with Gasteiger partial charge in [-0.3, -0.25) is 14.5 Å². The number of hydrogen-bond donors (Lipinski definition) is 0. The Bertz CT molecular complexity index is 669. The summed E-state index contributed by atoms with van der Waals surface area (Å²) < 4.78 is 5.74. The number of benzene rings is 1. The maximum atomic E-state index is 12.0. The standard InChI is InChI=1S/C17H17NO3/c1-4-6-8-12(7-5-2)21-13-9-10-14-15(11-13)17(20)18(3)16(14)19/h4-11H,1-3H3/b6-4+,7-5-,12-8+. The average molecular weight is 283 g/mol. The third-order valence-electron chi connectivity index (χ3n) is 3.08. The first-order chi connectivity index (χ1) is 10.1. The normalized spacial score (nSPS) is 15.4. The Kier molecular flexibility index (Phi) is 4.38. The molecule has 2 rings (SSSR count). The Morgan fingerprint density at radius 3 is 2.48 bits per heavy atom. The Morgan fingerprint density at radius 2 is 1.81 bits per heavy atom. The molecule has 1 aromatic carbocycles. The van der Waals surface area contributed by atoms with Gasteiger partial charge in [0.2, 0.25) is 0 Å². The monoisotopic (exact) mass is 283 g/mol. The van der Waals surface area contributed by atoms with E-state index in [0.29, 0.717) is 22.6 Å². The average Bonchev–Trinajstić information content (AvgIpc) is 2.70. The summed E-state index contributed by atoms with van der Waals surface area (Å²) in [7, 11) is 1.47. The zero-order valence-electron chi connectivity index (χ0n) is 12.3. The Labute approximate surface area is 124 Å². The topological polar surface area (TPSA) is 46.6 Å². The van der Waals surface area contributed by atoms with Crippen LogP contribution in [0.25, 0.3) is 0 Å². The molecule has 108 valence electrons. The predicted octanol–water partition coefficient (Wildman–Crippen LogP) is 3.33. The number of rotatable bonds is 4. The van der Waals surface area contributed by atoms with Gasteiger partial charge in [0.25, 0.3) is 11.8 Å². The van der Waals surface area contributed by atoms with Crippen LogP contribution in [0.2, 0.25) is 0 Å². The number of ether oxygens (including phenoxy) is 1. The quantitative estimate of drug-likeness (QED) is 0.484. The van der Waals surface area contributed by atoms with Crippen molar-refractivity contribution in [1.29, 1.82) is 0 Å². The fourth-order valence-electron chi connectivity index (χ4n) is 2.02. The van der Waals surface area contributed by atoms with Gasteiger partial charge in [-0.2, -0.15) is 0 Å². The molecule has 0 bridgehead atoms. The molecule has 2 amide bonds. The number of carbonyl (C=O) groups excluding carboxylic acids is 2. The van der Waals surface area contributed by atoms with Gasteiger partial charge in [0, 0.05) is 7.05 Å². The zero-order valence-corrected chi connectivity index (χ0v) is 12.3. The van der Waals surface area contributed by atoms with Gasteiger partial charge in [-0.15, -0.1) is 0 Å². The molecule has 0 aromatic heterocycles. The third kappa shape index (κ3) is 2.94. The van der Waals surface area contributed by atoms with Crippen LogP contribution in [-0.4, -0.2) is 23.8 Å². The zero-order chi connectivity index (χ0) is 15.4. The summed E-state index contributed by atoms with van der Waals surface area (Å²) >= 11 is 0. The highest BCUT2D eigenvalue weighted by Crippen LogP contribution is 2.26. The van der Waals surface area contributed by atoms with Crippen LogP contribution in [0.3, 0.4) is 0 Å². The number of fused-ring (bicyclic) bond motifs is 1. The molecule has 0 unspecified atom stereocenters. The summed E-state index contributed by atoms with van der Waals surface area (Å²) in [6.07, 6.45) is 9.28. The molecule has 4 heteroatoms. The van der Waals surface area contributed by atoms with Crippen LogP contribution < -0.4 is 4.74 Å². The lowest BCUT2D eigenvalue weighted by Crippen LogP contribution is -2.24. The van der Waals surface area contributed by atoms with Crippen molar-refractivity contribution < 1.29 is 14.3 Å². The second kappa shape index (κ2) is 6.22. The van der Waals surface area contributed by atoms with E-state index in [1.807, 2.05) is 44.2 Å². The number of allylic oxidation sites excluding steroid dienone is 5. The number of carbonyl (C=O) groups is 2. The molecule has 1 aliphatic rings. The molecule has 0 radical (unpaired) electrons. The highest BCUT2D eigenvalue weighted by Gasteiger charge is 2.32. The lowest BCUT2D eigenvalue weighted by molar-refractivity contribution is 0.0693. The van der Waals surface area contributed by atoms with E-state index in [2.05, 4.69) is 0 Å². The number of imide groups is 1. The van der Waals surface area contributed by atoms with E-state index in [1.54, 1.807) is 18.2 Å². The van der Waals surface area contributed by atoms with Crippen molar-refractivity contribution in [2.45, 2.75) is 13.8 Å². The summed E-state index contributed by atoms with van der Waals surface area (Å²) in [4.78, 5) is 24.9. The van der Waals surface area contributed by atoms with Crippen LogP contribution in [-0.2, 0) is 0 Å². The second-order valence-corrected chi connectivity index (χ2v) is 4.57. The molecule has 0 spiro atoms. The van der Waals surface area contributed by atoms with E-state index in [-0.39, 0.29) is 11.8 Å². The van der Waals surface area contributed by atoms with E-state index in [0.717, 1.165) is 4.90 Å². The van der Waals surface area contributed by atoms with E-state index < -0.39 is 0 Å². The molecule has 1 aromatic rings. The maximum absolute atomic E-state index is 12.0. The summed E-state index contributed by atoms with van der Waals surface area (Å²) in [5.74, 6) is 0.602.